The van der Waals surface area contributed by atoms with Gasteiger partial charge in [-0.25, -0.2) is 13.2 Å². The van der Waals surface area contributed by atoms with Gasteiger partial charge in [0.1, 0.15) is 5.75 Å². The van der Waals surface area contributed by atoms with E-state index in [0.29, 0.717) is 29.9 Å². The van der Waals surface area contributed by atoms with Crippen molar-refractivity contribution in [1.82, 2.24) is 0 Å². The number of benzene rings is 3. The van der Waals surface area contributed by atoms with Gasteiger partial charge in [0.15, 0.2) is 23.2 Å². The molecule has 0 radical (unpaired) electrons. The predicted molar refractivity (Wildman–Crippen MR) is 139 cm³/mol. The minimum atomic E-state index is -4.52. The molecule has 3 aromatic rings. The van der Waals surface area contributed by atoms with Gasteiger partial charge in [-0.2, -0.15) is 4.39 Å². The molecule has 1 fully saturated rings. The summed E-state index contributed by atoms with van der Waals surface area (Å²) in [5.74, 6) is -5.19. The van der Waals surface area contributed by atoms with Gasteiger partial charge in [0.2, 0.25) is 5.82 Å². The Labute approximate surface area is 219 Å². The normalized spacial score (nSPS) is 18.2. The highest BCUT2D eigenvalue weighted by Gasteiger charge is 2.27. The van der Waals surface area contributed by atoms with E-state index in [4.69, 9.17) is 4.74 Å². The van der Waals surface area contributed by atoms with Crippen LogP contribution in [0.3, 0.4) is 0 Å². The van der Waals surface area contributed by atoms with Gasteiger partial charge in [0, 0.05) is 11.1 Å². The first-order valence-corrected chi connectivity index (χ1v) is 14.0. The second-order valence-electron chi connectivity index (χ2n) is 9.76. The molecule has 3 aromatic carbocycles. The zero-order valence-corrected chi connectivity index (χ0v) is 22.2. The minimum Gasteiger partial charge on any atom is -0.454 e. The van der Waals surface area contributed by atoms with E-state index in [1.165, 1.54) is 38.1 Å². The molecule has 0 spiro atoms. The molecule has 0 aromatic heterocycles. The van der Waals surface area contributed by atoms with Crippen molar-refractivity contribution in [2.75, 3.05) is 0 Å². The Balaban J connectivity index is 1.62. The molecule has 4 rings (SSSR count). The number of halogens is 4. The van der Waals surface area contributed by atoms with Crippen molar-refractivity contribution in [2.24, 2.45) is 5.92 Å². The summed E-state index contributed by atoms with van der Waals surface area (Å²) in [4.78, 5) is 18.8. The summed E-state index contributed by atoms with van der Waals surface area (Å²) in [6, 6.07) is 7.36. The summed E-state index contributed by atoms with van der Waals surface area (Å²) >= 11 is 0. The van der Waals surface area contributed by atoms with Crippen LogP contribution >= 0.6 is 7.60 Å². The number of hydrogen-bond acceptors (Lipinski definition) is 2. The third-order valence-electron chi connectivity index (χ3n) is 7.12. The average Bonchev–Trinajstić information content (AvgIpc) is 2.86. The lowest BCUT2D eigenvalue weighted by Gasteiger charge is -2.27. The number of ether oxygens (including phenoxy) is 1. The molecular weight excluding hydrogens is 519 g/mol. The van der Waals surface area contributed by atoms with Crippen LogP contribution in [0.2, 0.25) is 0 Å². The summed E-state index contributed by atoms with van der Waals surface area (Å²) in [6.07, 6.45) is 7.30. The van der Waals surface area contributed by atoms with Gasteiger partial charge in [0.25, 0.3) is 0 Å². The van der Waals surface area contributed by atoms with Crippen molar-refractivity contribution in [3.05, 3.63) is 88.5 Å². The van der Waals surface area contributed by atoms with Crippen molar-refractivity contribution < 1.29 is 36.7 Å². The maximum absolute atomic E-state index is 15.1. The molecule has 2 N–H and O–H groups in total. The van der Waals surface area contributed by atoms with Gasteiger partial charge >= 0.3 is 7.60 Å². The van der Waals surface area contributed by atoms with E-state index in [2.05, 4.69) is 6.08 Å². The molecule has 9 heteroatoms. The van der Waals surface area contributed by atoms with Crippen molar-refractivity contribution in [3.8, 4) is 22.6 Å². The maximum Gasteiger partial charge on any atom is 0.356 e. The quantitative estimate of drug-likeness (QED) is 0.186. The van der Waals surface area contributed by atoms with Crippen LogP contribution < -0.4 is 10.0 Å². The summed E-state index contributed by atoms with van der Waals surface area (Å²) in [6.45, 7) is 4.97. The zero-order chi connectivity index (χ0) is 27.8. The van der Waals surface area contributed by atoms with E-state index in [1.54, 1.807) is 0 Å². The van der Waals surface area contributed by atoms with Crippen LogP contribution in [0.25, 0.3) is 11.1 Å². The topological polar surface area (TPSA) is 66.8 Å². The molecule has 1 aliphatic carbocycles. The molecule has 4 nitrogen and oxygen atoms in total. The van der Waals surface area contributed by atoms with E-state index < -0.39 is 47.7 Å². The molecule has 0 atom stereocenters. The van der Waals surface area contributed by atoms with E-state index in [9.17, 15) is 14.4 Å². The second kappa shape index (κ2) is 11.0. The third kappa shape index (κ3) is 5.58. The molecule has 0 aliphatic heterocycles. The Morgan fingerprint density at radius 1 is 0.842 bits per heavy atom. The number of aryl methyl sites for hydroxylation is 2. The van der Waals surface area contributed by atoms with Crippen LogP contribution in [-0.4, -0.2) is 9.79 Å². The Hall–Kier alpha value is -2.93. The summed E-state index contributed by atoms with van der Waals surface area (Å²) in [7, 11) is -4.52. The molecule has 1 aliphatic rings. The van der Waals surface area contributed by atoms with Crippen LogP contribution in [0.15, 0.2) is 48.6 Å². The van der Waals surface area contributed by atoms with Crippen molar-refractivity contribution >= 4 is 12.9 Å². The van der Waals surface area contributed by atoms with Gasteiger partial charge in [-0.3, -0.25) is 4.57 Å². The molecule has 0 heterocycles. The number of hydrogen-bond donors (Lipinski definition) is 2. The lowest BCUT2D eigenvalue weighted by atomic mass is 9.78. The molecule has 0 bridgehead atoms. The van der Waals surface area contributed by atoms with E-state index in [-0.39, 0.29) is 22.5 Å². The second-order valence-corrected chi connectivity index (χ2v) is 11.4. The Morgan fingerprint density at radius 3 is 1.95 bits per heavy atom. The highest BCUT2D eigenvalue weighted by atomic mass is 31.2. The average molecular weight is 549 g/mol. The first kappa shape index (κ1) is 28.1. The standard InChI is InChI=1S/C29H29F4O4P/c1-4-5-18-6-8-19(9-7-18)21-10-11-22(26(31)25(21)30)23-12-13-24(28(33)27(23)32)37-29-16(2)14-20(15-17(29)3)38(34,35)36/h4-5,10-15,18-19H,6-9H2,1-3H3,(H2,34,35,36)/b5-4+. The van der Waals surface area contributed by atoms with E-state index >= 15 is 17.6 Å². The van der Waals surface area contributed by atoms with Crippen LogP contribution in [0.1, 0.15) is 55.2 Å². The summed E-state index contributed by atoms with van der Waals surface area (Å²) < 4.78 is 77.5. The molecule has 38 heavy (non-hydrogen) atoms. The molecule has 0 amide bonds. The lowest BCUT2D eigenvalue weighted by molar-refractivity contribution is 0.364. The van der Waals surface area contributed by atoms with E-state index in [0.717, 1.165) is 25.0 Å². The van der Waals surface area contributed by atoms with Gasteiger partial charge in [0.05, 0.1) is 5.30 Å². The first-order valence-electron chi connectivity index (χ1n) is 12.4. The predicted octanol–water partition coefficient (Wildman–Crippen LogP) is 7.97. The smallest absolute Gasteiger partial charge is 0.356 e. The zero-order valence-electron chi connectivity index (χ0n) is 21.3. The fourth-order valence-electron chi connectivity index (χ4n) is 5.17. The minimum absolute atomic E-state index is 0.0963. The van der Waals surface area contributed by atoms with Gasteiger partial charge in [-0.15, -0.1) is 0 Å². The molecule has 1 saturated carbocycles. The molecule has 0 saturated heterocycles. The van der Waals surface area contributed by atoms with Crippen molar-refractivity contribution in [2.45, 2.75) is 52.4 Å². The largest absolute Gasteiger partial charge is 0.454 e. The molecule has 0 unspecified atom stereocenters. The SMILES string of the molecule is C/C=C/C1CCC(c2ccc(-c3ccc(Oc4c(C)cc(P(=O)(O)O)cc4C)c(F)c3F)c(F)c2F)CC1. The summed E-state index contributed by atoms with van der Waals surface area (Å²) in [5, 5.41) is -0.228. The van der Waals surface area contributed by atoms with Crippen molar-refractivity contribution in [1.29, 1.82) is 0 Å². The van der Waals surface area contributed by atoms with Crippen LogP contribution in [-0.2, 0) is 4.57 Å². The molecule has 202 valence electrons. The number of rotatable bonds is 6. The van der Waals surface area contributed by atoms with E-state index in [1.807, 2.05) is 13.0 Å². The van der Waals surface area contributed by atoms with Gasteiger partial charge in [-0.05, 0) is 99.2 Å². The monoisotopic (exact) mass is 548 g/mol. The van der Waals surface area contributed by atoms with Crippen molar-refractivity contribution in [3.63, 3.8) is 0 Å². The third-order valence-corrected chi connectivity index (χ3v) is 8.05. The Kier molecular flexibility index (Phi) is 8.17. The van der Waals surface area contributed by atoms with Gasteiger partial charge in [-0.1, -0.05) is 24.3 Å². The van der Waals surface area contributed by atoms with Crippen LogP contribution in [0.5, 0.6) is 11.5 Å². The fourth-order valence-corrected chi connectivity index (χ4v) is 5.89. The van der Waals surface area contributed by atoms with Crippen LogP contribution in [0.4, 0.5) is 17.6 Å². The maximum atomic E-state index is 15.1. The first-order chi connectivity index (χ1) is 17.9. The fraction of sp³-hybridized carbons (Fsp3) is 0.310. The Bertz CT molecular complexity index is 1420. The van der Waals surface area contributed by atoms with Crippen LogP contribution in [0, 0.1) is 43.0 Å². The highest BCUT2D eigenvalue weighted by Crippen LogP contribution is 2.41. The number of allylic oxidation sites excluding steroid dienone is 2. The Morgan fingerprint density at radius 2 is 1.39 bits per heavy atom. The lowest BCUT2D eigenvalue weighted by Crippen LogP contribution is -2.13. The summed E-state index contributed by atoms with van der Waals surface area (Å²) in [5.41, 5.74) is 0.0112. The highest BCUT2D eigenvalue weighted by molar-refractivity contribution is 7.60. The van der Waals surface area contributed by atoms with Gasteiger partial charge < -0.3 is 14.5 Å². The molecular formula is C29H29F4O4P.